The van der Waals surface area contributed by atoms with Crippen LogP contribution in [0.5, 0.6) is 0 Å². The van der Waals surface area contributed by atoms with E-state index < -0.39 is 11.9 Å². The molecule has 0 bridgehead atoms. The Hall–Kier alpha value is -1.92. The SMILES string of the molecule is COC(CN)CC(=O)N1CCC(C(=O)O)c2ccccc21. The number of hydrogen-bond acceptors (Lipinski definition) is 4. The Morgan fingerprint density at radius 1 is 1.48 bits per heavy atom. The molecule has 2 atom stereocenters. The smallest absolute Gasteiger partial charge is 0.311 e. The monoisotopic (exact) mass is 292 g/mol. The normalized spacial score (nSPS) is 19.0. The molecule has 0 aromatic heterocycles. The molecule has 21 heavy (non-hydrogen) atoms. The lowest BCUT2D eigenvalue weighted by molar-refractivity contribution is -0.139. The minimum Gasteiger partial charge on any atom is -0.481 e. The van der Waals surface area contributed by atoms with Crippen molar-refractivity contribution >= 4 is 17.6 Å². The molecule has 6 nitrogen and oxygen atoms in total. The van der Waals surface area contributed by atoms with Crippen molar-refractivity contribution in [3.8, 4) is 0 Å². The third-order valence-corrected chi connectivity index (χ3v) is 3.84. The minimum absolute atomic E-state index is 0.0939. The van der Waals surface area contributed by atoms with Gasteiger partial charge in [-0.3, -0.25) is 9.59 Å². The highest BCUT2D eigenvalue weighted by molar-refractivity contribution is 5.96. The van der Waals surface area contributed by atoms with Crippen LogP contribution in [-0.2, 0) is 14.3 Å². The molecule has 1 amide bonds. The van der Waals surface area contributed by atoms with Crippen molar-refractivity contribution in [3.63, 3.8) is 0 Å². The zero-order valence-corrected chi connectivity index (χ0v) is 12.0. The fraction of sp³-hybridized carbons (Fsp3) is 0.467. The van der Waals surface area contributed by atoms with Crippen LogP contribution in [0.2, 0.25) is 0 Å². The number of rotatable bonds is 5. The second-order valence-electron chi connectivity index (χ2n) is 5.08. The summed E-state index contributed by atoms with van der Waals surface area (Å²) >= 11 is 0. The Kier molecular flexibility index (Phi) is 4.93. The van der Waals surface area contributed by atoms with Crippen LogP contribution in [-0.4, -0.2) is 43.3 Å². The number of benzene rings is 1. The molecule has 0 saturated carbocycles. The fourth-order valence-corrected chi connectivity index (χ4v) is 2.65. The standard InChI is InChI=1S/C15H20N2O4/c1-21-10(9-16)8-14(18)17-7-6-12(15(19)20)11-4-2-3-5-13(11)17/h2-5,10,12H,6-9,16H2,1H3,(H,19,20). The Bertz CT molecular complexity index is 528. The highest BCUT2D eigenvalue weighted by Gasteiger charge is 2.32. The summed E-state index contributed by atoms with van der Waals surface area (Å²) in [7, 11) is 1.52. The van der Waals surface area contributed by atoms with Gasteiger partial charge < -0.3 is 20.5 Å². The maximum atomic E-state index is 12.4. The summed E-state index contributed by atoms with van der Waals surface area (Å²) in [6.45, 7) is 0.670. The molecule has 1 aromatic rings. The van der Waals surface area contributed by atoms with Crippen molar-refractivity contribution in [3.05, 3.63) is 29.8 Å². The number of amides is 1. The Morgan fingerprint density at radius 3 is 2.81 bits per heavy atom. The number of nitrogens with zero attached hydrogens (tertiary/aromatic N) is 1. The van der Waals surface area contributed by atoms with Gasteiger partial charge >= 0.3 is 5.97 Å². The highest BCUT2D eigenvalue weighted by Crippen LogP contribution is 2.35. The quantitative estimate of drug-likeness (QED) is 0.843. The Balaban J connectivity index is 2.24. The number of methoxy groups -OCH3 is 1. The summed E-state index contributed by atoms with van der Waals surface area (Å²) in [5.74, 6) is -1.51. The van der Waals surface area contributed by atoms with E-state index in [4.69, 9.17) is 10.5 Å². The fourth-order valence-electron chi connectivity index (χ4n) is 2.65. The van der Waals surface area contributed by atoms with E-state index in [1.54, 1.807) is 29.2 Å². The van der Waals surface area contributed by atoms with E-state index >= 15 is 0 Å². The van der Waals surface area contributed by atoms with Gasteiger partial charge in [-0.15, -0.1) is 0 Å². The number of aliphatic carboxylic acids is 1. The highest BCUT2D eigenvalue weighted by atomic mass is 16.5. The van der Waals surface area contributed by atoms with E-state index in [9.17, 15) is 14.7 Å². The van der Waals surface area contributed by atoms with E-state index in [2.05, 4.69) is 0 Å². The van der Waals surface area contributed by atoms with Gasteiger partial charge in [0.15, 0.2) is 0 Å². The number of ether oxygens (including phenoxy) is 1. The third kappa shape index (κ3) is 3.22. The summed E-state index contributed by atoms with van der Waals surface area (Å²) < 4.78 is 5.14. The summed E-state index contributed by atoms with van der Waals surface area (Å²) in [5.41, 5.74) is 6.90. The molecule has 0 spiro atoms. The van der Waals surface area contributed by atoms with Crippen LogP contribution in [0.15, 0.2) is 24.3 Å². The second-order valence-corrected chi connectivity index (χ2v) is 5.08. The first kappa shape index (κ1) is 15.5. The average molecular weight is 292 g/mol. The molecule has 1 aliphatic heterocycles. The summed E-state index contributed by atoms with van der Waals surface area (Å²) in [4.78, 5) is 25.4. The molecule has 1 aliphatic rings. The largest absolute Gasteiger partial charge is 0.481 e. The minimum atomic E-state index is -0.855. The van der Waals surface area contributed by atoms with Crippen molar-refractivity contribution in [2.24, 2.45) is 5.73 Å². The Morgan fingerprint density at radius 2 is 2.19 bits per heavy atom. The van der Waals surface area contributed by atoms with Crippen LogP contribution in [0.25, 0.3) is 0 Å². The predicted molar refractivity (Wildman–Crippen MR) is 78.3 cm³/mol. The van der Waals surface area contributed by atoms with Gasteiger partial charge in [0.1, 0.15) is 0 Å². The molecule has 2 unspecified atom stereocenters. The van der Waals surface area contributed by atoms with Gasteiger partial charge in [0.2, 0.25) is 5.91 Å². The number of carboxylic acid groups (broad SMARTS) is 1. The van der Waals surface area contributed by atoms with Crippen LogP contribution in [0, 0.1) is 0 Å². The molecule has 1 aromatic carbocycles. The van der Waals surface area contributed by atoms with E-state index in [-0.39, 0.29) is 25.0 Å². The average Bonchev–Trinajstić information content (AvgIpc) is 2.51. The molecule has 0 radical (unpaired) electrons. The zero-order valence-electron chi connectivity index (χ0n) is 12.0. The van der Waals surface area contributed by atoms with Gasteiger partial charge in [-0.2, -0.15) is 0 Å². The molecule has 2 rings (SSSR count). The van der Waals surface area contributed by atoms with Gasteiger partial charge in [-0.25, -0.2) is 0 Å². The lowest BCUT2D eigenvalue weighted by Crippen LogP contribution is -2.40. The van der Waals surface area contributed by atoms with Crippen LogP contribution in [0.1, 0.15) is 24.3 Å². The van der Waals surface area contributed by atoms with Crippen LogP contribution < -0.4 is 10.6 Å². The van der Waals surface area contributed by atoms with E-state index in [0.29, 0.717) is 24.2 Å². The lowest BCUT2D eigenvalue weighted by atomic mass is 9.89. The molecule has 0 aliphatic carbocycles. The number of carbonyl (C=O) groups excluding carboxylic acids is 1. The summed E-state index contributed by atoms with van der Waals surface area (Å²) in [6.07, 6.45) is 0.291. The summed E-state index contributed by atoms with van der Waals surface area (Å²) in [5, 5.41) is 9.29. The molecule has 0 saturated heterocycles. The summed E-state index contributed by atoms with van der Waals surface area (Å²) in [6, 6.07) is 7.15. The van der Waals surface area contributed by atoms with Crippen LogP contribution in [0.4, 0.5) is 5.69 Å². The number of carboxylic acids is 1. The van der Waals surface area contributed by atoms with Crippen molar-refractivity contribution in [2.45, 2.75) is 24.9 Å². The lowest BCUT2D eigenvalue weighted by Gasteiger charge is -2.33. The molecule has 0 fully saturated rings. The van der Waals surface area contributed by atoms with Crippen molar-refractivity contribution in [1.29, 1.82) is 0 Å². The maximum absolute atomic E-state index is 12.4. The second kappa shape index (κ2) is 6.69. The van der Waals surface area contributed by atoms with Gasteiger partial charge in [-0.1, -0.05) is 18.2 Å². The molecular formula is C15H20N2O4. The zero-order chi connectivity index (χ0) is 15.4. The molecular weight excluding hydrogens is 272 g/mol. The Labute approximate surface area is 123 Å². The number of fused-ring (bicyclic) bond motifs is 1. The number of carbonyl (C=O) groups is 2. The van der Waals surface area contributed by atoms with Gasteiger partial charge in [0, 0.05) is 25.9 Å². The van der Waals surface area contributed by atoms with Crippen LogP contribution >= 0.6 is 0 Å². The van der Waals surface area contributed by atoms with Crippen LogP contribution in [0.3, 0.4) is 0 Å². The van der Waals surface area contributed by atoms with Crippen molar-refractivity contribution < 1.29 is 19.4 Å². The molecule has 114 valence electrons. The van der Waals surface area contributed by atoms with Crippen molar-refractivity contribution in [1.82, 2.24) is 0 Å². The first-order valence-corrected chi connectivity index (χ1v) is 6.93. The number of para-hydroxylation sites is 1. The first-order chi connectivity index (χ1) is 10.1. The van der Waals surface area contributed by atoms with E-state index in [1.165, 1.54) is 7.11 Å². The first-order valence-electron chi connectivity index (χ1n) is 6.93. The topological polar surface area (TPSA) is 92.9 Å². The van der Waals surface area contributed by atoms with E-state index in [0.717, 1.165) is 0 Å². The van der Waals surface area contributed by atoms with Crippen molar-refractivity contribution in [2.75, 3.05) is 25.1 Å². The molecule has 1 heterocycles. The van der Waals surface area contributed by atoms with E-state index in [1.807, 2.05) is 0 Å². The van der Waals surface area contributed by atoms with Gasteiger partial charge in [-0.05, 0) is 18.1 Å². The van der Waals surface area contributed by atoms with Gasteiger partial charge in [0.05, 0.1) is 18.4 Å². The predicted octanol–water partition coefficient (Wildman–Crippen LogP) is 0.955. The number of nitrogens with two attached hydrogens (primary N) is 1. The maximum Gasteiger partial charge on any atom is 0.311 e. The van der Waals surface area contributed by atoms with Gasteiger partial charge in [0.25, 0.3) is 0 Å². The number of anilines is 1. The molecule has 6 heteroatoms. The third-order valence-electron chi connectivity index (χ3n) is 3.84. The molecule has 3 N–H and O–H groups in total. The number of hydrogen-bond donors (Lipinski definition) is 2.